The van der Waals surface area contributed by atoms with Gasteiger partial charge in [0.2, 0.25) is 0 Å². The van der Waals surface area contributed by atoms with Gasteiger partial charge in [-0.3, -0.25) is 13.9 Å². The number of aromatic nitrogens is 2. The summed E-state index contributed by atoms with van der Waals surface area (Å²) in [6.45, 7) is 5.34. The van der Waals surface area contributed by atoms with Gasteiger partial charge in [-0.1, -0.05) is 6.07 Å². The molecular formula is C19H24N4O4. The van der Waals surface area contributed by atoms with E-state index in [0.717, 1.165) is 10.1 Å². The molecule has 0 saturated carbocycles. The number of hydrogen-bond acceptors (Lipinski definition) is 6. The smallest absolute Gasteiger partial charge is 0.332 e. The Bertz CT molecular complexity index is 969. The van der Waals surface area contributed by atoms with Crippen molar-refractivity contribution in [2.75, 3.05) is 25.1 Å². The third kappa shape index (κ3) is 4.31. The number of anilines is 1. The van der Waals surface area contributed by atoms with E-state index < -0.39 is 11.2 Å². The molecule has 0 aliphatic heterocycles. The van der Waals surface area contributed by atoms with E-state index in [2.05, 4.69) is 5.32 Å². The zero-order valence-corrected chi connectivity index (χ0v) is 16.0. The SMILES string of the molecule is CCOc1ccc(CCNc2c(C#N)c(=O)n(C)c(=O)n2C)cc1OCC. The maximum atomic E-state index is 12.1. The molecule has 0 radical (unpaired) electrons. The van der Waals surface area contributed by atoms with Gasteiger partial charge in [0.25, 0.3) is 5.56 Å². The Labute approximate surface area is 157 Å². The topological polar surface area (TPSA) is 98.3 Å². The van der Waals surface area contributed by atoms with Crippen molar-refractivity contribution >= 4 is 5.82 Å². The average Bonchev–Trinajstić information content (AvgIpc) is 2.66. The Kier molecular flexibility index (Phi) is 6.66. The molecule has 2 aromatic rings. The second-order valence-electron chi connectivity index (χ2n) is 5.87. The molecule has 144 valence electrons. The third-order valence-electron chi connectivity index (χ3n) is 4.09. The maximum absolute atomic E-state index is 12.1. The van der Waals surface area contributed by atoms with Crippen LogP contribution < -0.4 is 26.0 Å². The molecule has 8 nitrogen and oxygen atoms in total. The fourth-order valence-corrected chi connectivity index (χ4v) is 2.73. The molecule has 0 saturated heterocycles. The van der Waals surface area contributed by atoms with Gasteiger partial charge in [-0.05, 0) is 38.0 Å². The lowest BCUT2D eigenvalue weighted by Gasteiger charge is -2.15. The fraction of sp³-hybridized carbons (Fsp3) is 0.421. The van der Waals surface area contributed by atoms with E-state index in [1.807, 2.05) is 38.1 Å². The Hall–Kier alpha value is -3.21. The number of nitriles is 1. The first-order chi connectivity index (χ1) is 12.9. The molecule has 0 spiro atoms. The number of hydrogen-bond donors (Lipinski definition) is 1. The van der Waals surface area contributed by atoms with Crippen molar-refractivity contribution in [2.45, 2.75) is 20.3 Å². The van der Waals surface area contributed by atoms with Crippen LogP contribution in [-0.4, -0.2) is 28.9 Å². The molecule has 0 atom stereocenters. The van der Waals surface area contributed by atoms with Crippen molar-refractivity contribution in [2.24, 2.45) is 14.1 Å². The van der Waals surface area contributed by atoms with Crippen LogP contribution in [0, 0.1) is 11.3 Å². The summed E-state index contributed by atoms with van der Waals surface area (Å²) in [5, 5.41) is 12.3. The summed E-state index contributed by atoms with van der Waals surface area (Å²) in [5.41, 5.74) is -0.174. The van der Waals surface area contributed by atoms with E-state index in [0.29, 0.717) is 37.7 Å². The lowest BCUT2D eigenvalue weighted by molar-refractivity contribution is 0.287. The highest BCUT2D eigenvalue weighted by Gasteiger charge is 2.15. The lowest BCUT2D eigenvalue weighted by atomic mass is 10.1. The first-order valence-corrected chi connectivity index (χ1v) is 8.77. The van der Waals surface area contributed by atoms with Crippen LogP contribution >= 0.6 is 0 Å². The highest BCUT2D eigenvalue weighted by molar-refractivity contribution is 5.51. The maximum Gasteiger partial charge on any atom is 0.332 e. The van der Waals surface area contributed by atoms with E-state index >= 15 is 0 Å². The van der Waals surface area contributed by atoms with Crippen LogP contribution in [0.3, 0.4) is 0 Å². The molecular weight excluding hydrogens is 348 g/mol. The highest BCUT2D eigenvalue weighted by atomic mass is 16.5. The molecule has 1 heterocycles. The summed E-state index contributed by atoms with van der Waals surface area (Å²) >= 11 is 0. The van der Waals surface area contributed by atoms with Crippen molar-refractivity contribution in [3.8, 4) is 17.6 Å². The fourth-order valence-electron chi connectivity index (χ4n) is 2.73. The predicted molar refractivity (Wildman–Crippen MR) is 103 cm³/mol. The summed E-state index contributed by atoms with van der Waals surface area (Å²) in [4.78, 5) is 24.2. The van der Waals surface area contributed by atoms with Crippen LogP contribution in [0.15, 0.2) is 27.8 Å². The van der Waals surface area contributed by atoms with Gasteiger partial charge < -0.3 is 14.8 Å². The van der Waals surface area contributed by atoms with Gasteiger partial charge in [0, 0.05) is 20.6 Å². The number of benzene rings is 1. The van der Waals surface area contributed by atoms with Gasteiger partial charge in [-0.15, -0.1) is 0 Å². The Morgan fingerprint density at radius 3 is 2.37 bits per heavy atom. The predicted octanol–water partition coefficient (Wildman–Crippen LogP) is 1.41. The summed E-state index contributed by atoms with van der Waals surface area (Å²) in [6, 6.07) is 7.58. The average molecular weight is 372 g/mol. The summed E-state index contributed by atoms with van der Waals surface area (Å²) in [7, 11) is 2.87. The number of nitrogens with zero attached hydrogens (tertiary/aromatic N) is 3. The lowest BCUT2D eigenvalue weighted by Crippen LogP contribution is -2.40. The third-order valence-corrected chi connectivity index (χ3v) is 4.09. The van der Waals surface area contributed by atoms with Crippen LogP contribution in [0.5, 0.6) is 11.5 Å². The minimum absolute atomic E-state index is 0.0821. The van der Waals surface area contributed by atoms with Crippen molar-refractivity contribution < 1.29 is 9.47 Å². The second kappa shape index (κ2) is 8.94. The van der Waals surface area contributed by atoms with E-state index in [1.165, 1.54) is 18.7 Å². The van der Waals surface area contributed by atoms with Crippen LogP contribution in [0.1, 0.15) is 25.0 Å². The molecule has 1 aromatic carbocycles. The summed E-state index contributed by atoms with van der Waals surface area (Å²) in [5.74, 6) is 1.59. The van der Waals surface area contributed by atoms with Crippen molar-refractivity contribution in [1.29, 1.82) is 5.26 Å². The van der Waals surface area contributed by atoms with Gasteiger partial charge in [0.15, 0.2) is 17.1 Å². The number of rotatable bonds is 8. The van der Waals surface area contributed by atoms with Crippen LogP contribution in [0.2, 0.25) is 0 Å². The molecule has 0 unspecified atom stereocenters. The second-order valence-corrected chi connectivity index (χ2v) is 5.87. The van der Waals surface area contributed by atoms with E-state index in [1.54, 1.807) is 0 Å². The van der Waals surface area contributed by atoms with E-state index in [-0.39, 0.29) is 11.4 Å². The molecule has 0 amide bonds. The standard InChI is InChI=1S/C19H24N4O4/c1-5-26-15-8-7-13(11-16(15)27-6-2)9-10-21-17-14(12-20)18(24)23(4)19(25)22(17)3/h7-8,11,21H,5-6,9-10H2,1-4H3. The minimum Gasteiger partial charge on any atom is -0.490 e. The molecule has 0 aliphatic rings. The highest BCUT2D eigenvalue weighted by Crippen LogP contribution is 2.28. The van der Waals surface area contributed by atoms with Gasteiger partial charge in [-0.2, -0.15) is 5.26 Å². The van der Waals surface area contributed by atoms with Gasteiger partial charge in [0.05, 0.1) is 13.2 Å². The minimum atomic E-state index is -0.609. The molecule has 1 aromatic heterocycles. The first-order valence-electron chi connectivity index (χ1n) is 8.77. The monoisotopic (exact) mass is 372 g/mol. The number of nitrogens with one attached hydrogen (secondary N) is 1. The van der Waals surface area contributed by atoms with Crippen molar-refractivity contribution in [3.63, 3.8) is 0 Å². The largest absolute Gasteiger partial charge is 0.490 e. The molecule has 27 heavy (non-hydrogen) atoms. The quantitative estimate of drug-likeness (QED) is 0.752. The van der Waals surface area contributed by atoms with Gasteiger partial charge in [-0.25, -0.2) is 4.79 Å². The first kappa shape index (κ1) is 20.1. The van der Waals surface area contributed by atoms with Crippen LogP contribution in [0.4, 0.5) is 5.82 Å². The molecule has 8 heteroatoms. The van der Waals surface area contributed by atoms with Crippen molar-refractivity contribution in [3.05, 3.63) is 50.2 Å². The van der Waals surface area contributed by atoms with E-state index in [4.69, 9.17) is 9.47 Å². The normalized spacial score (nSPS) is 10.3. The van der Waals surface area contributed by atoms with E-state index in [9.17, 15) is 14.9 Å². The van der Waals surface area contributed by atoms with Crippen LogP contribution in [-0.2, 0) is 20.5 Å². The Balaban J connectivity index is 2.20. The molecule has 0 aliphatic carbocycles. The summed E-state index contributed by atoms with van der Waals surface area (Å²) < 4.78 is 13.4. The Morgan fingerprint density at radius 1 is 1.07 bits per heavy atom. The van der Waals surface area contributed by atoms with Gasteiger partial charge in [0.1, 0.15) is 11.9 Å². The number of ether oxygens (including phenoxy) is 2. The Morgan fingerprint density at radius 2 is 1.74 bits per heavy atom. The molecule has 2 rings (SSSR count). The van der Waals surface area contributed by atoms with Gasteiger partial charge >= 0.3 is 5.69 Å². The zero-order chi connectivity index (χ0) is 20.0. The zero-order valence-electron chi connectivity index (χ0n) is 16.0. The molecule has 0 fully saturated rings. The summed E-state index contributed by atoms with van der Waals surface area (Å²) in [6.07, 6.45) is 0.612. The van der Waals surface area contributed by atoms with Crippen molar-refractivity contribution in [1.82, 2.24) is 9.13 Å². The molecule has 1 N–H and O–H groups in total. The van der Waals surface area contributed by atoms with Crippen LogP contribution in [0.25, 0.3) is 0 Å². The molecule has 0 bridgehead atoms.